The zero-order valence-electron chi connectivity index (χ0n) is 16.9. The first-order valence-corrected chi connectivity index (χ1v) is 10.9. The summed E-state index contributed by atoms with van der Waals surface area (Å²) in [7, 11) is 0. The number of carbonyl (C=O) groups excluding carboxylic acids is 2. The maximum absolute atomic E-state index is 13.2. The van der Waals surface area contributed by atoms with Crippen molar-refractivity contribution >= 4 is 40.5 Å². The smallest absolute Gasteiger partial charge is 0.266 e. The Bertz CT molecular complexity index is 999. The number of primary amides is 1. The van der Waals surface area contributed by atoms with Gasteiger partial charge in [-0.1, -0.05) is 30.3 Å². The largest absolute Gasteiger partial charge is 0.484 e. The van der Waals surface area contributed by atoms with Gasteiger partial charge in [0.2, 0.25) is 0 Å². The van der Waals surface area contributed by atoms with Crippen molar-refractivity contribution in [1.29, 1.82) is 0 Å². The van der Waals surface area contributed by atoms with E-state index in [0.717, 1.165) is 30.7 Å². The standard InChI is InChI=1S/C23H23N3O4S/c24-21(27)15-30-18-10-8-16(9-11-18)13-20-22(28)26(14-19-7-4-12-29-19)23(31-20)25-17-5-2-1-3-6-17/h1-3,5-6,8-11,13,19H,4,7,12,14-15H2,(H2,24,27)/b20-13-,25-23?/t19-/m1/s1. The molecule has 2 aromatic carbocycles. The molecular formula is C23H23N3O4S. The number of amides is 2. The quantitative estimate of drug-likeness (QED) is 0.671. The van der Waals surface area contributed by atoms with E-state index >= 15 is 0 Å². The summed E-state index contributed by atoms with van der Waals surface area (Å²) in [5, 5.41) is 0.652. The first-order valence-electron chi connectivity index (χ1n) is 10.1. The molecule has 0 unspecified atom stereocenters. The minimum absolute atomic E-state index is 0.0339. The van der Waals surface area contributed by atoms with Crippen LogP contribution in [-0.4, -0.2) is 47.7 Å². The zero-order chi connectivity index (χ0) is 21.6. The number of para-hydroxylation sites is 1. The second-order valence-corrected chi connectivity index (χ2v) is 8.22. The number of amidine groups is 1. The van der Waals surface area contributed by atoms with E-state index in [4.69, 9.17) is 20.2 Å². The minimum Gasteiger partial charge on any atom is -0.484 e. The maximum atomic E-state index is 13.2. The molecule has 2 aliphatic rings. The molecule has 0 radical (unpaired) electrons. The number of benzene rings is 2. The van der Waals surface area contributed by atoms with Crippen molar-refractivity contribution in [3.8, 4) is 5.75 Å². The molecule has 2 aromatic rings. The Kier molecular flexibility index (Phi) is 6.69. The third-order valence-corrected chi connectivity index (χ3v) is 5.84. The lowest BCUT2D eigenvalue weighted by atomic mass is 10.2. The number of thioether (sulfide) groups is 1. The molecule has 0 spiro atoms. The molecule has 2 aliphatic heterocycles. The second kappa shape index (κ2) is 9.80. The van der Waals surface area contributed by atoms with E-state index in [2.05, 4.69) is 0 Å². The summed E-state index contributed by atoms with van der Waals surface area (Å²) >= 11 is 1.36. The van der Waals surface area contributed by atoms with Crippen molar-refractivity contribution in [2.45, 2.75) is 18.9 Å². The molecule has 0 saturated carbocycles. The minimum atomic E-state index is -0.532. The van der Waals surface area contributed by atoms with Crippen molar-refractivity contribution in [1.82, 2.24) is 4.90 Å². The van der Waals surface area contributed by atoms with Gasteiger partial charge in [-0.25, -0.2) is 4.99 Å². The van der Waals surface area contributed by atoms with Gasteiger partial charge in [-0.2, -0.15) is 0 Å². The summed E-state index contributed by atoms with van der Waals surface area (Å²) < 4.78 is 11.0. The van der Waals surface area contributed by atoms with Gasteiger partial charge in [0.05, 0.1) is 23.2 Å². The van der Waals surface area contributed by atoms with E-state index in [1.807, 2.05) is 48.5 Å². The Hall–Kier alpha value is -3.10. The fourth-order valence-corrected chi connectivity index (χ4v) is 4.33. The number of hydrogen-bond acceptors (Lipinski definition) is 6. The second-order valence-electron chi connectivity index (χ2n) is 7.22. The summed E-state index contributed by atoms with van der Waals surface area (Å²) in [6, 6.07) is 16.7. The van der Waals surface area contributed by atoms with Crippen LogP contribution in [0.25, 0.3) is 6.08 Å². The van der Waals surface area contributed by atoms with Gasteiger partial charge in [-0.3, -0.25) is 14.5 Å². The Labute approximate surface area is 184 Å². The predicted octanol–water partition coefficient (Wildman–Crippen LogP) is 3.33. The van der Waals surface area contributed by atoms with Crippen molar-refractivity contribution in [3.05, 3.63) is 65.1 Å². The summed E-state index contributed by atoms with van der Waals surface area (Å²) in [6.07, 6.45) is 3.82. The van der Waals surface area contributed by atoms with Crippen LogP contribution in [0.3, 0.4) is 0 Å². The van der Waals surface area contributed by atoms with Gasteiger partial charge in [0, 0.05) is 6.61 Å². The number of ether oxygens (including phenoxy) is 2. The van der Waals surface area contributed by atoms with Crippen molar-refractivity contribution < 1.29 is 19.1 Å². The maximum Gasteiger partial charge on any atom is 0.266 e. The third kappa shape index (κ3) is 5.53. The molecule has 2 saturated heterocycles. The van der Waals surface area contributed by atoms with Crippen LogP contribution in [0.15, 0.2) is 64.5 Å². The number of nitrogens with two attached hydrogens (primary N) is 1. The molecule has 1 atom stereocenters. The zero-order valence-corrected chi connectivity index (χ0v) is 17.7. The summed E-state index contributed by atoms with van der Waals surface area (Å²) in [6.45, 7) is 1.05. The van der Waals surface area contributed by atoms with Crippen molar-refractivity contribution in [2.24, 2.45) is 10.7 Å². The fraction of sp³-hybridized carbons (Fsp3) is 0.261. The average Bonchev–Trinajstić information content (AvgIpc) is 3.38. The van der Waals surface area contributed by atoms with E-state index in [-0.39, 0.29) is 18.6 Å². The molecular weight excluding hydrogens is 414 g/mol. The van der Waals surface area contributed by atoms with E-state index in [9.17, 15) is 9.59 Å². The molecule has 8 heteroatoms. The van der Waals surface area contributed by atoms with Gasteiger partial charge in [-0.15, -0.1) is 0 Å². The molecule has 0 aliphatic carbocycles. The van der Waals surface area contributed by atoms with Gasteiger partial charge in [0.15, 0.2) is 11.8 Å². The van der Waals surface area contributed by atoms with Gasteiger partial charge >= 0.3 is 0 Å². The highest BCUT2D eigenvalue weighted by molar-refractivity contribution is 8.18. The Morgan fingerprint density at radius 1 is 1.23 bits per heavy atom. The normalized spacial score (nSPS) is 21.2. The monoisotopic (exact) mass is 437 g/mol. The molecule has 0 aromatic heterocycles. The lowest BCUT2D eigenvalue weighted by Gasteiger charge is -2.19. The molecule has 2 fully saturated rings. The number of hydrogen-bond donors (Lipinski definition) is 1. The highest BCUT2D eigenvalue weighted by Gasteiger charge is 2.35. The number of rotatable bonds is 7. The van der Waals surface area contributed by atoms with Crippen LogP contribution in [0, 0.1) is 0 Å². The van der Waals surface area contributed by atoms with Gasteiger partial charge < -0.3 is 15.2 Å². The summed E-state index contributed by atoms with van der Waals surface area (Å²) in [5.41, 5.74) is 6.74. The van der Waals surface area contributed by atoms with Crippen LogP contribution < -0.4 is 10.5 Å². The molecule has 160 valence electrons. The molecule has 2 heterocycles. The van der Waals surface area contributed by atoms with Crippen LogP contribution in [0.4, 0.5) is 5.69 Å². The summed E-state index contributed by atoms with van der Waals surface area (Å²) in [4.78, 5) is 31.0. The van der Waals surface area contributed by atoms with Crippen LogP contribution in [0.2, 0.25) is 0 Å². The SMILES string of the molecule is NC(=O)COc1ccc(/C=C2\SC(=Nc3ccccc3)N(C[C@H]3CCCO3)C2=O)cc1. The van der Waals surface area contributed by atoms with Crippen LogP contribution in [0.5, 0.6) is 5.75 Å². The number of aliphatic imine (C=N–C) groups is 1. The first-order chi connectivity index (χ1) is 15.1. The lowest BCUT2D eigenvalue weighted by molar-refractivity contribution is -0.123. The average molecular weight is 438 g/mol. The third-order valence-electron chi connectivity index (χ3n) is 4.84. The first kappa shape index (κ1) is 21.1. The van der Waals surface area contributed by atoms with E-state index in [1.165, 1.54) is 11.8 Å². The van der Waals surface area contributed by atoms with E-state index < -0.39 is 5.91 Å². The highest BCUT2D eigenvalue weighted by atomic mass is 32.2. The molecule has 2 N–H and O–H groups in total. The van der Waals surface area contributed by atoms with Crippen molar-refractivity contribution in [2.75, 3.05) is 19.8 Å². The lowest BCUT2D eigenvalue weighted by Crippen LogP contribution is -2.36. The van der Waals surface area contributed by atoms with Gasteiger partial charge in [0.25, 0.3) is 11.8 Å². The molecule has 31 heavy (non-hydrogen) atoms. The topological polar surface area (TPSA) is 94.2 Å². The molecule has 0 bridgehead atoms. The van der Waals surface area contributed by atoms with Gasteiger partial charge in [-0.05, 0) is 60.5 Å². The number of nitrogens with zero attached hydrogens (tertiary/aromatic N) is 2. The van der Waals surface area contributed by atoms with Crippen LogP contribution >= 0.6 is 11.8 Å². The fourth-order valence-electron chi connectivity index (χ4n) is 3.32. The number of carbonyl (C=O) groups is 2. The van der Waals surface area contributed by atoms with E-state index in [0.29, 0.717) is 22.4 Å². The molecule has 4 rings (SSSR count). The van der Waals surface area contributed by atoms with Crippen LogP contribution in [-0.2, 0) is 14.3 Å². The highest BCUT2D eigenvalue weighted by Crippen LogP contribution is 2.35. The van der Waals surface area contributed by atoms with E-state index in [1.54, 1.807) is 17.0 Å². The molecule has 7 nitrogen and oxygen atoms in total. The Morgan fingerprint density at radius 3 is 2.68 bits per heavy atom. The van der Waals surface area contributed by atoms with Crippen molar-refractivity contribution in [3.63, 3.8) is 0 Å². The Morgan fingerprint density at radius 2 is 2.00 bits per heavy atom. The molecule has 2 amide bonds. The predicted molar refractivity (Wildman–Crippen MR) is 121 cm³/mol. The summed E-state index contributed by atoms with van der Waals surface area (Å²) in [5.74, 6) is -0.0716. The van der Waals surface area contributed by atoms with Crippen LogP contribution in [0.1, 0.15) is 18.4 Å². The Balaban J connectivity index is 1.55. The van der Waals surface area contributed by atoms with Gasteiger partial charge in [0.1, 0.15) is 5.75 Å².